The zero-order valence-electron chi connectivity index (χ0n) is 9.21. The Morgan fingerprint density at radius 1 is 1.12 bits per heavy atom. The molecule has 0 aliphatic rings. The van der Waals surface area contributed by atoms with Crippen molar-refractivity contribution in [2.24, 2.45) is 0 Å². The quantitative estimate of drug-likeness (QED) is 0.408. The van der Waals surface area contributed by atoms with Gasteiger partial charge in [0.05, 0.1) is 23.9 Å². The van der Waals surface area contributed by atoms with Crippen molar-refractivity contribution in [2.45, 2.75) is 12.5 Å². The molecule has 0 aromatic heterocycles. The third-order valence-electron chi connectivity index (χ3n) is 1.97. The Hall–Kier alpha value is -1.28. The first-order valence-corrected chi connectivity index (χ1v) is 6.11. The molecule has 0 spiro atoms. The highest BCUT2D eigenvalue weighted by atomic mass is 32.2. The summed E-state index contributed by atoms with van der Waals surface area (Å²) in [5.41, 5.74) is 0. The van der Waals surface area contributed by atoms with Crippen molar-refractivity contribution in [2.75, 3.05) is 25.1 Å². The first-order chi connectivity index (χ1) is 7.88. The summed E-state index contributed by atoms with van der Waals surface area (Å²) in [5.74, 6) is -4.18. The zero-order valence-corrected chi connectivity index (χ0v) is 10.0. The Labute approximate surface area is 102 Å². The lowest BCUT2D eigenvalue weighted by atomic mass is 10.2. The lowest BCUT2D eigenvalue weighted by Crippen LogP contribution is -2.55. The Bertz CT molecular complexity index is 279. The molecule has 17 heavy (non-hydrogen) atoms. The molecule has 0 amide bonds. The van der Waals surface area contributed by atoms with E-state index in [2.05, 4.69) is 0 Å². The molecule has 0 fully saturated rings. The van der Waals surface area contributed by atoms with Crippen LogP contribution in [0.4, 0.5) is 0 Å². The molecule has 0 aromatic carbocycles. The molecule has 1 unspecified atom stereocenters. The lowest BCUT2D eigenvalue weighted by Gasteiger charge is -2.32. The smallest absolute Gasteiger partial charge is 0.0587 e. The van der Waals surface area contributed by atoms with Crippen molar-refractivity contribution in [1.29, 1.82) is 0 Å². The van der Waals surface area contributed by atoms with E-state index in [9.17, 15) is 29.7 Å². The zero-order chi connectivity index (χ0) is 13.4. The predicted octanol–water partition coefficient (Wildman–Crippen LogP) is -4.34. The van der Waals surface area contributed by atoms with Gasteiger partial charge in [0, 0.05) is 13.1 Å². The highest BCUT2D eigenvalue weighted by molar-refractivity contribution is 7.98. The van der Waals surface area contributed by atoms with Gasteiger partial charge < -0.3 is 29.7 Å². The summed E-state index contributed by atoms with van der Waals surface area (Å²) in [6.45, 7) is -1.58. The molecule has 0 aliphatic heterocycles. The van der Waals surface area contributed by atoms with Crippen molar-refractivity contribution >= 4 is 29.7 Å². The van der Waals surface area contributed by atoms with Crippen LogP contribution >= 0.6 is 11.8 Å². The summed E-state index contributed by atoms with van der Waals surface area (Å²) in [7, 11) is 0. The molecule has 0 saturated heterocycles. The van der Waals surface area contributed by atoms with Gasteiger partial charge in [0.25, 0.3) is 0 Å². The highest BCUT2D eigenvalue weighted by Crippen LogP contribution is 2.07. The van der Waals surface area contributed by atoms with E-state index in [1.54, 1.807) is 6.26 Å². The van der Waals surface area contributed by atoms with E-state index in [1.165, 1.54) is 11.8 Å². The van der Waals surface area contributed by atoms with Crippen LogP contribution in [0.15, 0.2) is 0 Å². The summed E-state index contributed by atoms with van der Waals surface area (Å²) in [6.07, 6.45) is 1.83. The minimum atomic E-state index is -1.55. The monoisotopic (exact) mass is 262 g/mol. The molecule has 0 N–H and O–H groups in total. The van der Waals surface area contributed by atoms with Gasteiger partial charge in [-0.05, 0) is 18.4 Å². The number of hydrogen-bond donors (Lipinski definition) is 0. The van der Waals surface area contributed by atoms with Crippen LogP contribution in [0.1, 0.15) is 6.42 Å². The van der Waals surface area contributed by atoms with Crippen molar-refractivity contribution in [3.63, 3.8) is 0 Å². The van der Waals surface area contributed by atoms with Gasteiger partial charge in [-0.25, -0.2) is 0 Å². The lowest BCUT2D eigenvalue weighted by molar-refractivity contribution is -0.318. The molecule has 0 bridgehead atoms. The minimum absolute atomic E-state index is 0.0874. The summed E-state index contributed by atoms with van der Waals surface area (Å²) in [5, 5.41) is 31.6. The van der Waals surface area contributed by atoms with Crippen molar-refractivity contribution < 1.29 is 29.7 Å². The second kappa shape index (κ2) is 7.91. The van der Waals surface area contributed by atoms with Gasteiger partial charge in [0.15, 0.2) is 0 Å². The molecule has 0 aromatic rings. The van der Waals surface area contributed by atoms with E-state index in [-0.39, 0.29) is 6.42 Å². The van der Waals surface area contributed by atoms with Crippen LogP contribution in [0.2, 0.25) is 0 Å². The van der Waals surface area contributed by atoms with Crippen LogP contribution in [0, 0.1) is 0 Å². The molecule has 8 heteroatoms. The van der Waals surface area contributed by atoms with Crippen LogP contribution in [0.25, 0.3) is 0 Å². The molecular weight excluding hydrogens is 250 g/mol. The maximum absolute atomic E-state index is 10.8. The summed E-state index contributed by atoms with van der Waals surface area (Å²) >= 11 is 1.36. The van der Waals surface area contributed by atoms with E-state index < -0.39 is 37.0 Å². The van der Waals surface area contributed by atoms with Crippen LogP contribution < -0.4 is 15.3 Å². The van der Waals surface area contributed by atoms with Crippen molar-refractivity contribution in [1.82, 2.24) is 4.90 Å². The van der Waals surface area contributed by atoms with Crippen molar-refractivity contribution in [3.8, 4) is 0 Å². The molecule has 0 rings (SSSR count). The second-order valence-corrected chi connectivity index (χ2v) is 4.25. The SMILES string of the molecule is CSCCC(C(=O)[O-])N(CC(=O)[O-])CC(=O)[O-]. The third kappa shape index (κ3) is 6.80. The number of carboxylic acid groups (broad SMARTS) is 3. The third-order valence-corrected chi connectivity index (χ3v) is 2.62. The number of nitrogens with zero attached hydrogens (tertiary/aromatic N) is 1. The number of hydrogen-bond acceptors (Lipinski definition) is 8. The minimum Gasteiger partial charge on any atom is -0.549 e. The number of carboxylic acids is 3. The van der Waals surface area contributed by atoms with E-state index in [0.29, 0.717) is 5.75 Å². The van der Waals surface area contributed by atoms with Gasteiger partial charge in [-0.1, -0.05) is 0 Å². The van der Waals surface area contributed by atoms with Gasteiger partial charge in [0.1, 0.15) is 0 Å². The van der Waals surface area contributed by atoms with Gasteiger partial charge >= 0.3 is 0 Å². The van der Waals surface area contributed by atoms with Crippen molar-refractivity contribution in [3.05, 3.63) is 0 Å². The molecule has 1 atom stereocenters. The Morgan fingerprint density at radius 3 is 1.88 bits per heavy atom. The molecular formula is C9H12NO6S-3. The topological polar surface area (TPSA) is 124 Å². The number of aliphatic carboxylic acids is 3. The number of rotatable bonds is 9. The number of thioether (sulfide) groups is 1. The average molecular weight is 262 g/mol. The van der Waals surface area contributed by atoms with Crippen LogP contribution in [0.3, 0.4) is 0 Å². The molecule has 0 saturated carbocycles. The van der Waals surface area contributed by atoms with E-state index in [4.69, 9.17) is 0 Å². The first kappa shape index (κ1) is 15.7. The fraction of sp³-hybridized carbons (Fsp3) is 0.667. The number of carbonyl (C=O) groups is 3. The van der Waals surface area contributed by atoms with E-state index in [1.807, 2.05) is 0 Å². The Kier molecular flexibility index (Phi) is 7.31. The van der Waals surface area contributed by atoms with Crippen LogP contribution in [-0.2, 0) is 14.4 Å². The second-order valence-electron chi connectivity index (χ2n) is 3.27. The molecule has 7 nitrogen and oxygen atoms in total. The van der Waals surface area contributed by atoms with Gasteiger partial charge in [0.2, 0.25) is 0 Å². The molecule has 0 heterocycles. The van der Waals surface area contributed by atoms with Gasteiger partial charge in [-0.15, -0.1) is 0 Å². The van der Waals surface area contributed by atoms with E-state index in [0.717, 1.165) is 4.90 Å². The largest absolute Gasteiger partial charge is 0.549 e. The predicted molar refractivity (Wildman–Crippen MR) is 53.4 cm³/mol. The number of carbonyl (C=O) groups excluding carboxylic acids is 3. The molecule has 98 valence electrons. The van der Waals surface area contributed by atoms with Crippen LogP contribution in [0.5, 0.6) is 0 Å². The summed E-state index contributed by atoms with van der Waals surface area (Å²) in [4.78, 5) is 32.4. The Morgan fingerprint density at radius 2 is 1.59 bits per heavy atom. The van der Waals surface area contributed by atoms with Gasteiger partial charge in [-0.3, -0.25) is 4.90 Å². The maximum Gasteiger partial charge on any atom is 0.0587 e. The fourth-order valence-corrected chi connectivity index (χ4v) is 1.75. The first-order valence-electron chi connectivity index (χ1n) is 4.72. The summed E-state index contributed by atoms with van der Waals surface area (Å²) in [6, 6.07) is -1.28. The Balaban J connectivity index is 4.72. The fourth-order valence-electron chi connectivity index (χ4n) is 1.29. The highest BCUT2D eigenvalue weighted by Gasteiger charge is 2.19. The van der Waals surface area contributed by atoms with E-state index >= 15 is 0 Å². The van der Waals surface area contributed by atoms with Gasteiger partial charge in [-0.2, -0.15) is 11.8 Å². The maximum atomic E-state index is 10.8. The molecule has 0 radical (unpaired) electrons. The average Bonchev–Trinajstić information content (AvgIpc) is 2.15. The normalized spacial score (nSPS) is 12.4. The standard InChI is InChI=1S/C9H15NO6S/c1-17-3-2-6(9(15)16)10(4-7(11)12)5-8(13)14/h6H,2-5H2,1H3,(H,11,12)(H,13,14)(H,15,16)/p-3. The van der Waals surface area contributed by atoms with Crippen LogP contribution in [-0.4, -0.2) is 53.9 Å². The summed E-state index contributed by atoms with van der Waals surface area (Å²) < 4.78 is 0. The molecule has 0 aliphatic carbocycles.